The summed E-state index contributed by atoms with van der Waals surface area (Å²) in [6.45, 7) is 0. The van der Waals surface area contributed by atoms with Crippen molar-refractivity contribution in [3.63, 3.8) is 0 Å². The molecule has 0 atom stereocenters. The molecule has 2 aromatic heterocycles. The molecule has 0 bridgehead atoms. The first-order chi connectivity index (χ1) is 13.3. The fraction of sp³-hybridized carbons (Fsp3) is 0.0476. The van der Waals surface area contributed by atoms with Gasteiger partial charge in [0.25, 0.3) is 5.91 Å². The van der Waals surface area contributed by atoms with Gasteiger partial charge in [0.05, 0.1) is 11.9 Å². The van der Waals surface area contributed by atoms with E-state index in [-0.39, 0.29) is 5.91 Å². The molecular weight excluding hydrogens is 374 g/mol. The number of hydrogen-bond donors (Lipinski definition) is 1. The van der Waals surface area contributed by atoms with Crippen LogP contribution in [0.15, 0.2) is 89.7 Å². The lowest BCUT2D eigenvalue weighted by Crippen LogP contribution is -2.13. The van der Waals surface area contributed by atoms with Crippen molar-refractivity contribution in [2.24, 2.45) is 0 Å². The van der Waals surface area contributed by atoms with Gasteiger partial charge in [-0.15, -0.1) is 23.1 Å². The predicted octanol–water partition coefficient (Wildman–Crippen LogP) is 5.48. The van der Waals surface area contributed by atoms with E-state index in [4.69, 9.17) is 0 Å². The van der Waals surface area contributed by atoms with Crippen LogP contribution in [-0.4, -0.2) is 15.5 Å². The van der Waals surface area contributed by atoms with Crippen LogP contribution in [0.3, 0.4) is 0 Å². The molecule has 1 N–H and O–H groups in total. The standard InChI is InChI=1S/C21H17N3OS2/c25-21(23-16-7-9-17(10-8-16)24-12-11-22-15-24)19-5-1-2-6-20(19)27-14-18-4-3-13-26-18/h1-13,15H,14H2,(H,23,25). The van der Waals surface area contributed by atoms with Crippen LogP contribution in [0.5, 0.6) is 0 Å². The highest BCUT2D eigenvalue weighted by Crippen LogP contribution is 2.28. The minimum Gasteiger partial charge on any atom is -0.322 e. The maximum Gasteiger partial charge on any atom is 0.256 e. The Labute approximate surface area is 165 Å². The molecular formula is C21H17N3OS2. The van der Waals surface area contributed by atoms with Crippen LogP contribution >= 0.6 is 23.1 Å². The third-order valence-electron chi connectivity index (χ3n) is 4.01. The second kappa shape index (κ2) is 8.24. The Hall–Kier alpha value is -2.83. The van der Waals surface area contributed by atoms with E-state index in [0.29, 0.717) is 5.56 Å². The van der Waals surface area contributed by atoms with Gasteiger partial charge in [-0.1, -0.05) is 18.2 Å². The Bertz CT molecular complexity index is 1010. The molecule has 1 amide bonds. The van der Waals surface area contributed by atoms with Gasteiger partial charge in [-0.05, 0) is 47.8 Å². The van der Waals surface area contributed by atoms with Crippen molar-refractivity contribution < 1.29 is 4.79 Å². The molecule has 2 heterocycles. The lowest BCUT2D eigenvalue weighted by molar-refractivity contribution is 0.102. The van der Waals surface area contributed by atoms with E-state index in [9.17, 15) is 4.79 Å². The number of hydrogen-bond acceptors (Lipinski definition) is 4. The molecule has 134 valence electrons. The summed E-state index contributed by atoms with van der Waals surface area (Å²) >= 11 is 3.42. The van der Waals surface area contributed by atoms with Crippen molar-refractivity contribution >= 4 is 34.7 Å². The number of imidazole rings is 1. The monoisotopic (exact) mass is 391 g/mol. The van der Waals surface area contributed by atoms with Crippen LogP contribution in [0.4, 0.5) is 5.69 Å². The molecule has 27 heavy (non-hydrogen) atoms. The fourth-order valence-corrected chi connectivity index (χ4v) is 4.47. The van der Waals surface area contributed by atoms with Crippen molar-refractivity contribution in [3.05, 3.63) is 95.2 Å². The maximum atomic E-state index is 12.8. The Morgan fingerprint density at radius 1 is 1.07 bits per heavy atom. The maximum absolute atomic E-state index is 12.8. The lowest BCUT2D eigenvalue weighted by atomic mass is 10.2. The van der Waals surface area contributed by atoms with E-state index in [0.717, 1.165) is 22.0 Å². The summed E-state index contributed by atoms with van der Waals surface area (Å²) in [5.74, 6) is 0.765. The summed E-state index contributed by atoms with van der Waals surface area (Å²) in [6.07, 6.45) is 5.36. The molecule has 2 aromatic carbocycles. The number of thioether (sulfide) groups is 1. The zero-order valence-corrected chi connectivity index (χ0v) is 16.0. The zero-order valence-electron chi connectivity index (χ0n) is 14.4. The number of carbonyl (C=O) groups is 1. The molecule has 4 rings (SSSR count). The normalized spacial score (nSPS) is 10.7. The minimum absolute atomic E-state index is 0.0975. The first-order valence-corrected chi connectivity index (χ1v) is 10.3. The van der Waals surface area contributed by atoms with Gasteiger partial charge >= 0.3 is 0 Å². The van der Waals surface area contributed by atoms with Crippen LogP contribution in [0.1, 0.15) is 15.2 Å². The molecule has 6 heteroatoms. The lowest BCUT2D eigenvalue weighted by Gasteiger charge is -2.10. The summed E-state index contributed by atoms with van der Waals surface area (Å²) < 4.78 is 1.92. The number of aromatic nitrogens is 2. The number of benzene rings is 2. The second-order valence-corrected chi connectivity index (χ2v) is 7.88. The van der Waals surface area contributed by atoms with Crippen LogP contribution < -0.4 is 5.32 Å². The molecule has 0 saturated heterocycles. The molecule has 4 aromatic rings. The Morgan fingerprint density at radius 3 is 2.67 bits per heavy atom. The summed E-state index contributed by atoms with van der Waals surface area (Å²) in [6, 6.07) is 19.6. The van der Waals surface area contributed by atoms with Gasteiger partial charge in [0.1, 0.15) is 0 Å². The summed E-state index contributed by atoms with van der Waals surface area (Å²) in [7, 11) is 0. The molecule has 0 unspecified atom stereocenters. The molecule has 0 fully saturated rings. The van der Waals surface area contributed by atoms with Gasteiger partial charge in [0, 0.05) is 39.3 Å². The van der Waals surface area contributed by atoms with Gasteiger partial charge < -0.3 is 9.88 Å². The quantitative estimate of drug-likeness (QED) is 0.443. The number of anilines is 1. The molecule has 4 nitrogen and oxygen atoms in total. The predicted molar refractivity (Wildman–Crippen MR) is 112 cm³/mol. The largest absolute Gasteiger partial charge is 0.322 e. The van der Waals surface area contributed by atoms with E-state index in [2.05, 4.69) is 21.7 Å². The number of nitrogens with one attached hydrogen (secondary N) is 1. The topological polar surface area (TPSA) is 46.9 Å². The van der Waals surface area contributed by atoms with Gasteiger partial charge in [-0.25, -0.2) is 4.98 Å². The summed E-state index contributed by atoms with van der Waals surface area (Å²) in [5.41, 5.74) is 2.46. The third-order valence-corrected chi connectivity index (χ3v) is 6.19. The van der Waals surface area contributed by atoms with Crippen LogP contribution in [0, 0.1) is 0 Å². The second-order valence-electron chi connectivity index (χ2n) is 5.84. The Morgan fingerprint density at radius 2 is 1.93 bits per heavy atom. The van der Waals surface area contributed by atoms with Gasteiger partial charge in [0.2, 0.25) is 0 Å². The van der Waals surface area contributed by atoms with Crippen LogP contribution in [0.25, 0.3) is 5.69 Å². The van der Waals surface area contributed by atoms with Crippen molar-refractivity contribution in [1.29, 1.82) is 0 Å². The number of carbonyl (C=O) groups excluding carboxylic acids is 1. The van der Waals surface area contributed by atoms with E-state index >= 15 is 0 Å². The van der Waals surface area contributed by atoms with Crippen LogP contribution in [0.2, 0.25) is 0 Å². The van der Waals surface area contributed by atoms with Gasteiger partial charge in [0.15, 0.2) is 0 Å². The molecule has 0 spiro atoms. The minimum atomic E-state index is -0.0975. The molecule has 0 aliphatic rings. The molecule has 0 radical (unpaired) electrons. The van der Waals surface area contributed by atoms with Gasteiger partial charge in [-0.3, -0.25) is 4.79 Å². The van der Waals surface area contributed by atoms with E-state index in [1.165, 1.54) is 4.88 Å². The zero-order chi connectivity index (χ0) is 18.5. The van der Waals surface area contributed by atoms with Crippen molar-refractivity contribution in [2.75, 3.05) is 5.32 Å². The van der Waals surface area contributed by atoms with Crippen LogP contribution in [-0.2, 0) is 5.75 Å². The molecule has 0 aliphatic carbocycles. The van der Waals surface area contributed by atoms with E-state index < -0.39 is 0 Å². The van der Waals surface area contributed by atoms with E-state index in [1.54, 1.807) is 35.6 Å². The molecule has 0 saturated carbocycles. The van der Waals surface area contributed by atoms with Crippen molar-refractivity contribution in [1.82, 2.24) is 9.55 Å². The van der Waals surface area contributed by atoms with E-state index in [1.807, 2.05) is 65.4 Å². The number of rotatable bonds is 6. The number of thiophene rings is 1. The Kier molecular flexibility index (Phi) is 5.37. The fourth-order valence-electron chi connectivity index (χ4n) is 2.65. The number of nitrogens with zero attached hydrogens (tertiary/aromatic N) is 2. The first kappa shape index (κ1) is 17.6. The first-order valence-electron chi connectivity index (χ1n) is 8.43. The van der Waals surface area contributed by atoms with Crippen molar-refractivity contribution in [2.45, 2.75) is 10.6 Å². The number of amides is 1. The van der Waals surface area contributed by atoms with Crippen molar-refractivity contribution in [3.8, 4) is 5.69 Å². The van der Waals surface area contributed by atoms with Gasteiger partial charge in [-0.2, -0.15) is 0 Å². The molecule has 0 aliphatic heterocycles. The smallest absolute Gasteiger partial charge is 0.256 e. The highest BCUT2D eigenvalue weighted by Gasteiger charge is 2.12. The third kappa shape index (κ3) is 4.30. The SMILES string of the molecule is O=C(Nc1ccc(-n2ccnc2)cc1)c1ccccc1SCc1cccs1. The highest BCUT2D eigenvalue weighted by molar-refractivity contribution is 7.98. The summed E-state index contributed by atoms with van der Waals surface area (Å²) in [4.78, 5) is 19.1. The highest BCUT2D eigenvalue weighted by atomic mass is 32.2. The summed E-state index contributed by atoms with van der Waals surface area (Å²) in [5, 5.41) is 5.06. The average molecular weight is 392 g/mol. The Balaban J connectivity index is 1.46. The average Bonchev–Trinajstić information content (AvgIpc) is 3.41.